The van der Waals surface area contributed by atoms with E-state index >= 15 is 0 Å². The van der Waals surface area contributed by atoms with Crippen LogP contribution in [0.5, 0.6) is 0 Å². The number of halogens is 3. The summed E-state index contributed by atoms with van der Waals surface area (Å²) < 4.78 is 26.5. The quantitative estimate of drug-likeness (QED) is 0.875. The zero-order valence-electron chi connectivity index (χ0n) is 9.75. The van der Waals surface area contributed by atoms with Crippen LogP contribution >= 0.6 is 11.6 Å². The Hall–Kier alpha value is -1.45. The first-order valence-electron chi connectivity index (χ1n) is 5.46. The smallest absolute Gasteiger partial charge is 0.142 e. The topological polar surface area (TPSA) is 26.0 Å². The molecule has 1 atom stereocenters. The van der Waals surface area contributed by atoms with Gasteiger partial charge in [0.1, 0.15) is 11.6 Å². The summed E-state index contributed by atoms with van der Waals surface area (Å²) in [6.45, 7) is 1.65. The average Bonchev–Trinajstić information content (AvgIpc) is 2.35. The van der Waals surface area contributed by atoms with Gasteiger partial charge in [0.25, 0.3) is 0 Å². The Morgan fingerprint density at radius 2 is 1.83 bits per heavy atom. The molecule has 2 aromatic rings. The molecular weight excluding hydrogens is 256 g/mol. The Kier molecular flexibility index (Phi) is 3.64. The second kappa shape index (κ2) is 5.04. The molecule has 0 amide bonds. The third-order valence-electron chi connectivity index (χ3n) is 2.86. The van der Waals surface area contributed by atoms with E-state index in [2.05, 4.69) is 0 Å². The van der Waals surface area contributed by atoms with Gasteiger partial charge >= 0.3 is 0 Å². The van der Waals surface area contributed by atoms with Crippen molar-refractivity contribution >= 4 is 11.6 Å². The molecule has 0 aliphatic heterocycles. The largest absolute Gasteiger partial charge is 0.320 e. The van der Waals surface area contributed by atoms with E-state index in [0.29, 0.717) is 16.7 Å². The van der Waals surface area contributed by atoms with Gasteiger partial charge in [0.05, 0.1) is 11.1 Å². The van der Waals surface area contributed by atoms with Crippen molar-refractivity contribution in [3.63, 3.8) is 0 Å². The first kappa shape index (κ1) is 13.0. The zero-order valence-corrected chi connectivity index (χ0v) is 10.5. The highest BCUT2D eigenvalue weighted by molar-refractivity contribution is 6.31. The minimum absolute atomic E-state index is 0.00646. The molecule has 2 aromatic carbocycles. The average molecular weight is 268 g/mol. The van der Waals surface area contributed by atoms with Crippen molar-refractivity contribution in [2.75, 3.05) is 0 Å². The first-order chi connectivity index (χ1) is 8.50. The maximum absolute atomic E-state index is 13.4. The molecule has 0 saturated heterocycles. The summed E-state index contributed by atoms with van der Waals surface area (Å²) in [7, 11) is 0. The van der Waals surface area contributed by atoms with E-state index in [1.807, 2.05) is 0 Å². The van der Waals surface area contributed by atoms with Crippen LogP contribution in [0.25, 0.3) is 0 Å². The Bertz CT molecular complexity index is 584. The number of nitrogens with two attached hydrogens (primary N) is 1. The third kappa shape index (κ3) is 2.37. The van der Waals surface area contributed by atoms with Crippen molar-refractivity contribution in [1.82, 2.24) is 0 Å². The maximum Gasteiger partial charge on any atom is 0.142 e. The van der Waals surface area contributed by atoms with Crippen LogP contribution in [0.3, 0.4) is 0 Å². The summed E-state index contributed by atoms with van der Waals surface area (Å²) in [6.07, 6.45) is 0. The number of benzene rings is 2. The van der Waals surface area contributed by atoms with Gasteiger partial charge in [-0.2, -0.15) is 0 Å². The molecule has 94 valence electrons. The second-order valence-corrected chi connectivity index (χ2v) is 4.51. The Morgan fingerprint density at radius 3 is 2.50 bits per heavy atom. The zero-order chi connectivity index (χ0) is 13.3. The lowest BCUT2D eigenvalue weighted by Crippen LogP contribution is -2.13. The van der Waals surface area contributed by atoms with Gasteiger partial charge in [-0.05, 0) is 35.7 Å². The van der Waals surface area contributed by atoms with Crippen LogP contribution in [0.4, 0.5) is 8.78 Å². The predicted molar refractivity (Wildman–Crippen MR) is 68.6 cm³/mol. The van der Waals surface area contributed by atoms with Crippen LogP contribution in [0.2, 0.25) is 5.02 Å². The Labute approximate surface area is 109 Å². The lowest BCUT2D eigenvalue weighted by molar-refractivity contribution is 0.615. The van der Waals surface area contributed by atoms with E-state index in [4.69, 9.17) is 17.3 Å². The standard InChI is InChI=1S/C14H12ClF2N/c1-8-7-9(5-6-11(8)16)14(18)10-3-2-4-12(17)13(10)15/h2-7,14H,18H2,1H3. The fraction of sp³-hybridized carbons (Fsp3) is 0.143. The van der Waals surface area contributed by atoms with E-state index < -0.39 is 11.9 Å². The summed E-state index contributed by atoms with van der Waals surface area (Å²) in [5.74, 6) is -0.806. The molecular formula is C14H12ClF2N. The number of hydrogen-bond donors (Lipinski definition) is 1. The molecule has 0 aliphatic carbocycles. The number of rotatable bonds is 2. The molecule has 0 saturated carbocycles. The van der Waals surface area contributed by atoms with Crippen LogP contribution in [0.15, 0.2) is 36.4 Å². The van der Waals surface area contributed by atoms with Crippen molar-refractivity contribution in [3.05, 3.63) is 69.7 Å². The molecule has 1 nitrogen and oxygen atoms in total. The van der Waals surface area contributed by atoms with E-state index in [1.54, 1.807) is 31.2 Å². The molecule has 0 aromatic heterocycles. The van der Waals surface area contributed by atoms with E-state index in [0.717, 1.165) is 0 Å². The van der Waals surface area contributed by atoms with Crippen LogP contribution in [0, 0.1) is 18.6 Å². The lowest BCUT2D eigenvalue weighted by Gasteiger charge is -2.15. The minimum Gasteiger partial charge on any atom is -0.320 e. The predicted octanol–water partition coefficient (Wildman–Crippen LogP) is 3.97. The monoisotopic (exact) mass is 267 g/mol. The van der Waals surface area contributed by atoms with E-state index in [1.165, 1.54) is 12.1 Å². The van der Waals surface area contributed by atoms with Crippen molar-refractivity contribution in [3.8, 4) is 0 Å². The summed E-state index contributed by atoms with van der Waals surface area (Å²) in [5, 5.41) is 0.00646. The van der Waals surface area contributed by atoms with Gasteiger partial charge < -0.3 is 5.73 Å². The number of aryl methyl sites for hydroxylation is 1. The molecule has 0 radical (unpaired) electrons. The summed E-state index contributed by atoms with van der Waals surface area (Å²) in [5.41, 5.74) is 7.71. The van der Waals surface area contributed by atoms with Crippen molar-refractivity contribution in [2.24, 2.45) is 5.73 Å². The van der Waals surface area contributed by atoms with Gasteiger partial charge in [0.2, 0.25) is 0 Å². The summed E-state index contributed by atoms with van der Waals surface area (Å²) >= 11 is 5.88. The molecule has 0 heterocycles. The summed E-state index contributed by atoms with van der Waals surface area (Å²) in [4.78, 5) is 0. The van der Waals surface area contributed by atoms with Crippen molar-refractivity contribution in [2.45, 2.75) is 13.0 Å². The second-order valence-electron chi connectivity index (χ2n) is 4.13. The highest BCUT2D eigenvalue weighted by Crippen LogP contribution is 2.29. The van der Waals surface area contributed by atoms with Gasteiger partial charge in [0.15, 0.2) is 0 Å². The third-order valence-corrected chi connectivity index (χ3v) is 3.26. The van der Waals surface area contributed by atoms with Crippen molar-refractivity contribution < 1.29 is 8.78 Å². The SMILES string of the molecule is Cc1cc(C(N)c2cccc(F)c2Cl)ccc1F. The Morgan fingerprint density at radius 1 is 1.11 bits per heavy atom. The molecule has 0 aliphatic rings. The van der Waals surface area contributed by atoms with Gasteiger partial charge in [-0.1, -0.05) is 35.9 Å². The molecule has 1 unspecified atom stereocenters. The molecule has 2 N–H and O–H groups in total. The molecule has 0 fully saturated rings. The Balaban J connectivity index is 2.44. The van der Waals surface area contributed by atoms with Gasteiger partial charge in [-0.25, -0.2) is 8.78 Å². The van der Waals surface area contributed by atoms with Crippen molar-refractivity contribution in [1.29, 1.82) is 0 Å². The maximum atomic E-state index is 13.4. The van der Waals surface area contributed by atoms with Crippen LogP contribution < -0.4 is 5.73 Å². The fourth-order valence-electron chi connectivity index (χ4n) is 1.80. The molecule has 4 heteroatoms. The highest BCUT2D eigenvalue weighted by atomic mass is 35.5. The molecule has 18 heavy (non-hydrogen) atoms. The van der Waals surface area contributed by atoms with Gasteiger partial charge in [-0.3, -0.25) is 0 Å². The van der Waals surface area contributed by atoms with Crippen LogP contribution in [0.1, 0.15) is 22.7 Å². The number of hydrogen-bond acceptors (Lipinski definition) is 1. The van der Waals surface area contributed by atoms with Gasteiger partial charge in [0, 0.05) is 0 Å². The lowest BCUT2D eigenvalue weighted by atomic mass is 9.98. The molecule has 0 spiro atoms. The molecule has 0 bridgehead atoms. The first-order valence-corrected chi connectivity index (χ1v) is 5.84. The summed E-state index contributed by atoms with van der Waals surface area (Å²) in [6, 6.07) is 8.47. The fourth-order valence-corrected chi connectivity index (χ4v) is 2.05. The highest BCUT2D eigenvalue weighted by Gasteiger charge is 2.15. The minimum atomic E-state index is -0.576. The molecule has 2 rings (SSSR count). The van der Waals surface area contributed by atoms with Crippen LogP contribution in [-0.2, 0) is 0 Å². The van der Waals surface area contributed by atoms with Gasteiger partial charge in [-0.15, -0.1) is 0 Å². The van der Waals surface area contributed by atoms with E-state index in [-0.39, 0.29) is 10.8 Å². The normalized spacial score (nSPS) is 12.5. The van der Waals surface area contributed by atoms with Crippen LogP contribution in [-0.4, -0.2) is 0 Å². The van der Waals surface area contributed by atoms with E-state index in [9.17, 15) is 8.78 Å².